The van der Waals surface area contributed by atoms with E-state index in [2.05, 4.69) is 22.0 Å². The molecule has 2 atom stereocenters. The fourth-order valence-corrected chi connectivity index (χ4v) is 2.07. The van der Waals surface area contributed by atoms with Crippen molar-refractivity contribution in [2.24, 2.45) is 5.73 Å². The Morgan fingerprint density at radius 2 is 2.36 bits per heavy atom. The monoisotopic (exact) mass is 255 g/mol. The van der Waals surface area contributed by atoms with E-state index in [0.717, 1.165) is 23.1 Å². The Labute approximate surface area is 92.6 Å². The summed E-state index contributed by atoms with van der Waals surface area (Å²) in [5.41, 5.74) is 7.11. The topological polar surface area (TPSA) is 35.2 Å². The summed E-state index contributed by atoms with van der Waals surface area (Å²) in [6, 6.07) is 6.27. The minimum absolute atomic E-state index is 0.0992. The molecule has 0 saturated heterocycles. The van der Waals surface area contributed by atoms with E-state index in [9.17, 15) is 0 Å². The Balaban J connectivity index is 2.24. The molecule has 2 unspecified atom stereocenters. The maximum Gasteiger partial charge on any atom is 0.124 e. The van der Waals surface area contributed by atoms with Crippen molar-refractivity contribution in [3.05, 3.63) is 28.2 Å². The molecule has 0 aromatic heterocycles. The van der Waals surface area contributed by atoms with Gasteiger partial charge in [0.15, 0.2) is 0 Å². The van der Waals surface area contributed by atoms with Gasteiger partial charge in [-0.25, -0.2) is 0 Å². The summed E-state index contributed by atoms with van der Waals surface area (Å²) in [4.78, 5) is 0. The second kappa shape index (κ2) is 3.91. The third kappa shape index (κ3) is 1.93. The van der Waals surface area contributed by atoms with Crippen molar-refractivity contribution >= 4 is 15.9 Å². The van der Waals surface area contributed by atoms with Gasteiger partial charge in [0.1, 0.15) is 11.9 Å². The molecule has 2 nitrogen and oxygen atoms in total. The fraction of sp³-hybridized carbons (Fsp3) is 0.455. The van der Waals surface area contributed by atoms with Crippen LogP contribution in [-0.4, -0.2) is 12.1 Å². The highest BCUT2D eigenvalue weighted by Crippen LogP contribution is 2.30. The van der Waals surface area contributed by atoms with Crippen LogP contribution in [0.15, 0.2) is 22.7 Å². The summed E-state index contributed by atoms with van der Waals surface area (Å²) < 4.78 is 6.88. The first-order valence-corrected chi connectivity index (χ1v) is 5.67. The van der Waals surface area contributed by atoms with E-state index in [0.29, 0.717) is 0 Å². The van der Waals surface area contributed by atoms with Crippen LogP contribution in [0.3, 0.4) is 0 Å². The Kier molecular flexibility index (Phi) is 2.79. The Morgan fingerprint density at radius 1 is 1.57 bits per heavy atom. The second-order valence-corrected chi connectivity index (χ2v) is 4.72. The molecule has 76 valence electrons. The molecule has 1 aliphatic heterocycles. The van der Waals surface area contributed by atoms with Gasteiger partial charge in [-0.15, -0.1) is 0 Å². The van der Waals surface area contributed by atoms with Crippen LogP contribution in [-0.2, 0) is 6.42 Å². The van der Waals surface area contributed by atoms with Crippen LogP contribution >= 0.6 is 15.9 Å². The van der Waals surface area contributed by atoms with Gasteiger partial charge in [-0.3, -0.25) is 0 Å². The highest BCUT2D eigenvalue weighted by atomic mass is 79.9. The molecule has 0 fully saturated rings. The quantitative estimate of drug-likeness (QED) is 0.837. The zero-order valence-corrected chi connectivity index (χ0v) is 9.75. The first-order valence-electron chi connectivity index (χ1n) is 4.87. The molecule has 0 saturated carbocycles. The highest BCUT2D eigenvalue weighted by Gasteiger charge is 2.22. The number of benzene rings is 1. The smallest absolute Gasteiger partial charge is 0.124 e. The minimum atomic E-state index is 0.0992. The Bertz CT molecular complexity index is 338. The van der Waals surface area contributed by atoms with E-state index >= 15 is 0 Å². The van der Waals surface area contributed by atoms with Gasteiger partial charge in [0.05, 0.1) is 0 Å². The van der Waals surface area contributed by atoms with E-state index in [-0.39, 0.29) is 12.1 Å². The number of hydrogen-bond acceptors (Lipinski definition) is 2. The van der Waals surface area contributed by atoms with Crippen molar-refractivity contribution in [2.75, 3.05) is 0 Å². The van der Waals surface area contributed by atoms with Crippen LogP contribution in [0.5, 0.6) is 5.75 Å². The number of hydrogen-bond donors (Lipinski definition) is 1. The predicted octanol–water partition coefficient (Wildman–Crippen LogP) is 2.49. The molecule has 0 radical (unpaired) electrons. The molecular formula is C11H14BrNO. The van der Waals surface area contributed by atoms with Crippen molar-refractivity contribution in [1.29, 1.82) is 0 Å². The predicted molar refractivity (Wildman–Crippen MR) is 60.5 cm³/mol. The number of ether oxygens (including phenoxy) is 1. The number of fused-ring (bicyclic) bond motifs is 1. The molecule has 1 aromatic rings. The van der Waals surface area contributed by atoms with Crippen molar-refractivity contribution in [3.8, 4) is 5.75 Å². The fourth-order valence-electron chi connectivity index (χ4n) is 1.73. The largest absolute Gasteiger partial charge is 0.488 e. The van der Waals surface area contributed by atoms with Crippen LogP contribution < -0.4 is 10.5 Å². The van der Waals surface area contributed by atoms with Crippen molar-refractivity contribution < 1.29 is 4.74 Å². The van der Waals surface area contributed by atoms with E-state index in [1.165, 1.54) is 5.56 Å². The Hall–Kier alpha value is -0.540. The minimum Gasteiger partial charge on any atom is -0.488 e. The summed E-state index contributed by atoms with van der Waals surface area (Å²) >= 11 is 3.44. The van der Waals surface area contributed by atoms with E-state index in [1.807, 2.05) is 19.1 Å². The zero-order chi connectivity index (χ0) is 10.1. The molecule has 1 aliphatic rings. The van der Waals surface area contributed by atoms with E-state index in [4.69, 9.17) is 10.5 Å². The van der Waals surface area contributed by atoms with Crippen LogP contribution in [0.1, 0.15) is 18.9 Å². The van der Waals surface area contributed by atoms with Crippen LogP contribution in [0.2, 0.25) is 0 Å². The molecule has 2 N–H and O–H groups in total. The number of nitrogens with two attached hydrogens (primary N) is 1. The average molecular weight is 256 g/mol. The number of rotatable bonds is 1. The van der Waals surface area contributed by atoms with E-state index in [1.54, 1.807) is 0 Å². The number of aryl methyl sites for hydroxylation is 1. The van der Waals surface area contributed by atoms with Gasteiger partial charge in [0.25, 0.3) is 0 Å². The van der Waals surface area contributed by atoms with Gasteiger partial charge < -0.3 is 10.5 Å². The lowest BCUT2D eigenvalue weighted by molar-refractivity contribution is 0.151. The second-order valence-electron chi connectivity index (χ2n) is 3.81. The van der Waals surface area contributed by atoms with Gasteiger partial charge in [-0.1, -0.05) is 22.0 Å². The normalized spacial score (nSPS) is 22.4. The maximum absolute atomic E-state index is 5.83. The highest BCUT2D eigenvalue weighted by molar-refractivity contribution is 9.10. The van der Waals surface area contributed by atoms with Gasteiger partial charge in [-0.05, 0) is 37.5 Å². The molecule has 1 aromatic carbocycles. The Morgan fingerprint density at radius 3 is 3.07 bits per heavy atom. The lowest BCUT2D eigenvalue weighted by Crippen LogP contribution is -2.38. The SMILES string of the molecule is CC(N)C1CCc2ccc(Br)cc2O1. The van der Waals surface area contributed by atoms with Gasteiger partial charge >= 0.3 is 0 Å². The molecule has 2 rings (SSSR count). The third-order valence-electron chi connectivity index (χ3n) is 2.59. The molecule has 0 amide bonds. The van der Waals surface area contributed by atoms with Crippen LogP contribution in [0.25, 0.3) is 0 Å². The van der Waals surface area contributed by atoms with Crippen molar-refractivity contribution in [3.63, 3.8) is 0 Å². The van der Waals surface area contributed by atoms with Crippen LogP contribution in [0, 0.1) is 0 Å². The summed E-state index contributed by atoms with van der Waals surface area (Å²) in [5.74, 6) is 0.980. The van der Waals surface area contributed by atoms with Crippen molar-refractivity contribution in [2.45, 2.75) is 31.9 Å². The molecule has 0 aliphatic carbocycles. The van der Waals surface area contributed by atoms with Gasteiger partial charge in [0, 0.05) is 10.5 Å². The summed E-state index contributed by atoms with van der Waals surface area (Å²) in [5, 5.41) is 0. The molecule has 3 heteroatoms. The third-order valence-corrected chi connectivity index (χ3v) is 3.09. The standard InChI is InChI=1S/C11H14BrNO/c1-7(13)10-5-3-8-2-4-9(12)6-11(8)14-10/h2,4,6-7,10H,3,5,13H2,1H3. The lowest BCUT2D eigenvalue weighted by atomic mass is 9.99. The molecule has 1 heterocycles. The summed E-state index contributed by atoms with van der Waals surface area (Å²) in [6.07, 6.45) is 2.25. The van der Waals surface area contributed by atoms with Crippen LogP contribution in [0.4, 0.5) is 0 Å². The molecular weight excluding hydrogens is 242 g/mol. The number of halogens is 1. The van der Waals surface area contributed by atoms with Gasteiger partial charge in [0.2, 0.25) is 0 Å². The summed E-state index contributed by atoms with van der Waals surface area (Å²) in [6.45, 7) is 1.99. The molecule has 14 heavy (non-hydrogen) atoms. The first-order chi connectivity index (χ1) is 6.66. The van der Waals surface area contributed by atoms with Gasteiger partial charge in [-0.2, -0.15) is 0 Å². The van der Waals surface area contributed by atoms with E-state index < -0.39 is 0 Å². The van der Waals surface area contributed by atoms with Crippen molar-refractivity contribution in [1.82, 2.24) is 0 Å². The summed E-state index contributed by atoms with van der Waals surface area (Å²) in [7, 11) is 0. The first kappa shape index (κ1) is 9.99. The molecule has 0 bridgehead atoms. The lowest BCUT2D eigenvalue weighted by Gasteiger charge is -2.28. The molecule has 0 spiro atoms. The maximum atomic E-state index is 5.83. The zero-order valence-electron chi connectivity index (χ0n) is 8.16. The average Bonchev–Trinajstić information content (AvgIpc) is 2.16.